The van der Waals surface area contributed by atoms with Crippen LogP contribution in [0.2, 0.25) is 10.0 Å². The summed E-state index contributed by atoms with van der Waals surface area (Å²) in [4.78, 5) is 5.71. The van der Waals surface area contributed by atoms with Crippen LogP contribution >= 0.6 is 34.5 Å². The third-order valence-electron chi connectivity index (χ3n) is 4.05. The third kappa shape index (κ3) is 5.10. The monoisotopic (exact) mass is 436 g/mol. The number of nitrogens with zero attached hydrogens (tertiary/aromatic N) is 1. The lowest BCUT2D eigenvalue weighted by Gasteiger charge is -2.17. The fraction of sp³-hybridized carbons (Fsp3) is 0.286. The highest BCUT2D eigenvalue weighted by Crippen LogP contribution is 2.36. The van der Waals surface area contributed by atoms with E-state index in [-0.39, 0.29) is 5.41 Å². The van der Waals surface area contributed by atoms with E-state index < -0.39 is 0 Å². The first-order valence-corrected chi connectivity index (χ1v) is 10.4. The molecule has 4 rings (SSSR count). The lowest BCUT2D eigenvalue weighted by atomic mass is 9.90. The van der Waals surface area contributed by atoms with Crippen LogP contribution in [0.5, 0.6) is 11.5 Å². The molecule has 0 unspecified atom stereocenters. The van der Waals surface area contributed by atoms with Gasteiger partial charge in [-0.15, -0.1) is 11.3 Å². The van der Waals surface area contributed by atoms with Gasteiger partial charge in [-0.05, 0) is 29.8 Å². The molecule has 0 atom stereocenters. The van der Waals surface area contributed by atoms with Crippen molar-refractivity contribution in [2.45, 2.75) is 32.6 Å². The van der Waals surface area contributed by atoms with Crippen molar-refractivity contribution in [2.75, 3.05) is 12.5 Å². The van der Waals surface area contributed by atoms with Crippen molar-refractivity contribution in [3.63, 3.8) is 0 Å². The molecular formula is C21H22Cl2N2O2S. The average molecular weight is 437 g/mol. The van der Waals surface area contributed by atoms with E-state index in [0.29, 0.717) is 22.0 Å². The quantitative estimate of drug-likeness (QED) is 0.509. The Kier molecular flexibility index (Phi) is 6.38. The number of nitrogen functional groups attached to an aromatic ring is 1. The Morgan fingerprint density at radius 3 is 2.29 bits per heavy atom. The molecule has 1 aliphatic heterocycles. The molecule has 0 aliphatic carbocycles. The first kappa shape index (κ1) is 20.8. The van der Waals surface area contributed by atoms with Gasteiger partial charge in [-0.25, -0.2) is 4.98 Å². The van der Waals surface area contributed by atoms with Gasteiger partial charge in [0.15, 0.2) is 16.6 Å². The number of rotatable bonds is 2. The zero-order chi connectivity index (χ0) is 20.3. The second-order valence-corrected chi connectivity index (χ2v) is 9.28. The summed E-state index contributed by atoms with van der Waals surface area (Å²) in [5, 5.41) is 1.84. The minimum atomic E-state index is -0.000206. The standard InChI is InChI=1S/C15H18N2O2S.C6H4Cl2/c1-15(2,3)13-12(20-14(16)17-13)7-9-4-5-10-11(6-9)19-8-18-10;7-5-3-1-2-4-6(5)8/h4-6H,7-8H2,1-3H3,(H2,16,17);1-4H. The average Bonchev–Trinajstić information content (AvgIpc) is 3.24. The van der Waals surface area contributed by atoms with Crippen LogP contribution in [0.25, 0.3) is 0 Å². The van der Waals surface area contributed by atoms with Crippen LogP contribution in [0.4, 0.5) is 5.13 Å². The van der Waals surface area contributed by atoms with Crippen molar-refractivity contribution in [1.29, 1.82) is 0 Å². The number of hydrogen-bond acceptors (Lipinski definition) is 5. The molecule has 3 aromatic rings. The van der Waals surface area contributed by atoms with Crippen LogP contribution in [0, 0.1) is 0 Å². The van der Waals surface area contributed by atoms with E-state index >= 15 is 0 Å². The zero-order valence-corrected chi connectivity index (χ0v) is 18.3. The van der Waals surface area contributed by atoms with Crippen LogP contribution in [0.3, 0.4) is 0 Å². The Balaban J connectivity index is 0.000000236. The van der Waals surface area contributed by atoms with Crippen LogP contribution in [-0.2, 0) is 11.8 Å². The smallest absolute Gasteiger partial charge is 0.231 e. The highest BCUT2D eigenvalue weighted by atomic mass is 35.5. The molecule has 148 valence electrons. The molecule has 1 aliphatic rings. The molecular weight excluding hydrogens is 415 g/mol. The maximum atomic E-state index is 5.88. The summed E-state index contributed by atoms with van der Waals surface area (Å²) in [6, 6.07) is 13.2. The molecule has 28 heavy (non-hydrogen) atoms. The second kappa shape index (κ2) is 8.60. The van der Waals surface area contributed by atoms with Gasteiger partial charge in [0.2, 0.25) is 6.79 Å². The van der Waals surface area contributed by atoms with Gasteiger partial charge < -0.3 is 15.2 Å². The van der Waals surface area contributed by atoms with Gasteiger partial charge in [0.1, 0.15) is 0 Å². The number of halogens is 2. The number of nitrogens with two attached hydrogens (primary N) is 1. The zero-order valence-electron chi connectivity index (χ0n) is 16.0. The molecule has 0 radical (unpaired) electrons. The molecule has 0 saturated heterocycles. The molecule has 4 nitrogen and oxygen atoms in total. The van der Waals surface area contributed by atoms with Gasteiger partial charge in [-0.3, -0.25) is 0 Å². The topological polar surface area (TPSA) is 57.4 Å². The lowest BCUT2D eigenvalue weighted by molar-refractivity contribution is 0.174. The number of anilines is 1. The Bertz CT molecular complexity index is 946. The van der Waals surface area contributed by atoms with Gasteiger partial charge in [0.25, 0.3) is 0 Å². The largest absolute Gasteiger partial charge is 0.454 e. The highest BCUT2D eigenvalue weighted by Gasteiger charge is 2.23. The summed E-state index contributed by atoms with van der Waals surface area (Å²) in [5.74, 6) is 1.63. The molecule has 0 saturated carbocycles. The Hall–Kier alpha value is -1.95. The minimum absolute atomic E-state index is 0.000206. The van der Waals surface area contributed by atoms with E-state index in [1.807, 2.05) is 24.3 Å². The van der Waals surface area contributed by atoms with E-state index in [0.717, 1.165) is 23.6 Å². The van der Waals surface area contributed by atoms with Gasteiger partial charge in [0.05, 0.1) is 15.7 Å². The van der Waals surface area contributed by atoms with Gasteiger partial charge in [-0.2, -0.15) is 0 Å². The Labute approximate surface area is 179 Å². The van der Waals surface area contributed by atoms with E-state index in [9.17, 15) is 0 Å². The normalized spacial score (nSPS) is 12.5. The second-order valence-electron chi connectivity index (χ2n) is 7.35. The van der Waals surface area contributed by atoms with Crippen molar-refractivity contribution in [2.24, 2.45) is 0 Å². The number of hydrogen-bond donors (Lipinski definition) is 1. The third-order valence-corrected chi connectivity index (χ3v) is 5.69. The molecule has 2 N–H and O–H groups in total. The first-order valence-electron chi connectivity index (χ1n) is 8.78. The fourth-order valence-electron chi connectivity index (χ4n) is 2.75. The number of thiazole rings is 1. The summed E-state index contributed by atoms with van der Waals surface area (Å²) in [5.41, 5.74) is 8.15. The van der Waals surface area contributed by atoms with Gasteiger partial charge in [-0.1, -0.05) is 62.2 Å². The minimum Gasteiger partial charge on any atom is -0.454 e. The maximum Gasteiger partial charge on any atom is 0.231 e. The van der Waals surface area contributed by atoms with E-state index in [2.05, 4.69) is 31.8 Å². The van der Waals surface area contributed by atoms with Gasteiger partial charge in [0, 0.05) is 16.7 Å². The lowest BCUT2D eigenvalue weighted by Crippen LogP contribution is -2.14. The van der Waals surface area contributed by atoms with Crippen LogP contribution < -0.4 is 15.2 Å². The molecule has 2 heterocycles. The van der Waals surface area contributed by atoms with Crippen LogP contribution in [0.1, 0.15) is 36.9 Å². The molecule has 2 aromatic carbocycles. The fourth-order valence-corrected chi connectivity index (χ4v) is 4.10. The van der Waals surface area contributed by atoms with E-state index in [1.54, 1.807) is 23.5 Å². The van der Waals surface area contributed by atoms with Gasteiger partial charge >= 0.3 is 0 Å². The van der Waals surface area contributed by atoms with E-state index in [1.165, 1.54) is 10.4 Å². The predicted molar refractivity (Wildman–Crippen MR) is 117 cm³/mol. The SMILES string of the molecule is CC(C)(C)c1nc(N)sc1Cc1ccc2c(c1)OCO2.Clc1ccccc1Cl. The summed E-state index contributed by atoms with van der Waals surface area (Å²) < 4.78 is 10.8. The molecule has 0 spiro atoms. The Morgan fingerprint density at radius 1 is 1.04 bits per heavy atom. The molecule has 0 bridgehead atoms. The maximum absolute atomic E-state index is 5.88. The van der Waals surface area contributed by atoms with Crippen molar-refractivity contribution in [1.82, 2.24) is 4.98 Å². The number of fused-ring (bicyclic) bond motifs is 1. The van der Waals surface area contributed by atoms with Crippen molar-refractivity contribution in [3.8, 4) is 11.5 Å². The van der Waals surface area contributed by atoms with Crippen molar-refractivity contribution >= 4 is 39.7 Å². The summed E-state index contributed by atoms with van der Waals surface area (Å²) >= 11 is 12.7. The highest BCUT2D eigenvalue weighted by molar-refractivity contribution is 7.15. The van der Waals surface area contributed by atoms with Crippen LogP contribution in [0.15, 0.2) is 42.5 Å². The summed E-state index contributed by atoms with van der Waals surface area (Å²) in [6.07, 6.45) is 0.818. The number of benzene rings is 2. The molecule has 0 amide bonds. The molecule has 7 heteroatoms. The summed E-state index contributed by atoms with van der Waals surface area (Å²) in [6.45, 7) is 6.78. The van der Waals surface area contributed by atoms with Crippen molar-refractivity contribution in [3.05, 3.63) is 68.6 Å². The van der Waals surface area contributed by atoms with Crippen molar-refractivity contribution < 1.29 is 9.47 Å². The first-order chi connectivity index (χ1) is 13.2. The van der Waals surface area contributed by atoms with E-state index in [4.69, 9.17) is 38.4 Å². The number of ether oxygens (including phenoxy) is 2. The van der Waals surface area contributed by atoms with Crippen LogP contribution in [-0.4, -0.2) is 11.8 Å². The predicted octanol–water partition coefficient (Wildman–Crippen LogP) is 6.34. The molecule has 1 aromatic heterocycles. The summed E-state index contributed by atoms with van der Waals surface area (Å²) in [7, 11) is 0. The molecule has 0 fully saturated rings. The number of aromatic nitrogens is 1. The Morgan fingerprint density at radius 2 is 1.68 bits per heavy atom.